The van der Waals surface area contributed by atoms with Crippen molar-refractivity contribution in [2.75, 3.05) is 4.90 Å². The molecule has 212 valence electrons. The summed E-state index contributed by atoms with van der Waals surface area (Å²) in [5.74, 6) is -3.24. The van der Waals surface area contributed by atoms with Crippen LogP contribution < -0.4 is 10.3 Å². The normalized spacial score (nSPS) is 23.2. The van der Waals surface area contributed by atoms with Gasteiger partial charge in [0.05, 0.1) is 27.9 Å². The Kier molecular flexibility index (Phi) is 6.03. The summed E-state index contributed by atoms with van der Waals surface area (Å²) in [6.07, 6.45) is 1.55. The van der Waals surface area contributed by atoms with Crippen molar-refractivity contribution >= 4 is 46.9 Å². The second kappa shape index (κ2) is 9.71. The molecule has 2 bridgehead atoms. The van der Waals surface area contributed by atoms with Gasteiger partial charge in [0.15, 0.2) is 0 Å². The lowest BCUT2D eigenvalue weighted by Crippen LogP contribution is -2.54. The molecular formula is C33H23ClN4O5. The van der Waals surface area contributed by atoms with Gasteiger partial charge in [0.25, 0.3) is 11.6 Å². The summed E-state index contributed by atoms with van der Waals surface area (Å²) in [5.41, 5.74) is 5.83. The fourth-order valence-electron chi connectivity index (χ4n) is 7.13. The molecular weight excluding hydrogens is 568 g/mol. The van der Waals surface area contributed by atoms with E-state index in [2.05, 4.69) is 10.5 Å². The molecule has 9 nitrogen and oxygen atoms in total. The predicted molar refractivity (Wildman–Crippen MR) is 160 cm³/mol. The van der Waals surface area contributed by atoms with E-state index in [1.54, 1.807) is 24.4 Å². The number of imide groups is 1. The average molecular weight is 591 g/mol. The predicted octanol–water partition coefficient (Wildman–Crippen LogP) is 5.52. The van der Waals surface area contributed by atoms with Crippen LogP contribution in [0.1, 0.15) is 44.1 Å². The maximum atomic E-state index is 14.5. The van der Waals surface area contributed by atoms with Crippen LogP contribution in [0.2, 0.25) is 5.02 Å². The lowest BCUT2D eigenvalue weighted by atomic mass is 9.47. The number of non-ortho nitro benzene ring substituents is 1. The van der Waals surface area contributed by atoms with Gasteiger partial charge in [-0.05, 0) is 52.9 Å². The number of aryl methyl sites for hydroxylation is 1. The third-order valence-corrected chi connectivity index (χ3v) is 9.08. The molecule has 8 rings (SSSR count). The minimum Gasteiger partial charge on any atom is -0.274 e. The molecule has 0 aromatic heterocycles. The average Bonchev–Trinajstić information content (AvgIpc) is 3.29. The molecule has 1 N–H and O–H groups in total. The van der Waals surface area contributed by atoms with Crippen molar-refractivity contribution in [3.63, 3.8) is 0 Å². The SMILES string of the molecule is Cc1ccc(Cl)cc1N1C(=O)[C@@H]2C3c4ccccc4C(/C=N\NC(=O)c4cccc([N+](=O)[O-])c4)(c4ccccc43)[C@H]2C1=O. The van der Waals surface area contributed by atoms with Gasteiger partial charge in [-0.3, -0.25) is 24.5 Å². The number of rotatable bonds is 5. The number of nitro benzene ring substituents is 1. The molecule has 1 saturated heterocycles. The first-order valence-electron chi connectivity index (χ1n) is 13.7. The van der Waals surface area contributed by atoms with Crippen molar-refractivity contribution in [2.24, 2.45) is 16.9 Å². The Hall–Kier alpha value is -5.15. The number of carbonyl (C=O) groups excluding carboxylic acids is 3. The van der Waals surface area contributed by atoms with Crippen LogP contribution in [0, 0.1) is 28.9 Å². The van der Waals surface area contributed by atoms with Gasteiger partial charge in [-0.15, -0.1) is 0 Å². The number of benzene rings is 4. The molecule has 1 fully saturated rings. The summed E-state index contributed by atoms with van der Waals surface area (Å²) in [4.78, 5) is 53.7. The molecule has 0 unspecified atom stereocenters. The highest BCUT2D eigenvalue weighted by molar-refractivity contribution is 6.31. The maximum absolute atomic E-state index is 14.5. The summed E-state index contributed by atoms with van der Waals surface area (Å²) in [5, 5.41) is 16.0. The van der Waals surface area contributed by atoms with Gasteiger partial charge in [-0.2, -0.15) is 5.10 Å². The number of nitro groups is 1. The van der Waals surface area contributed by atoms with E-state index in [9.17, 15) is 24.5 Å². The van der Waals surface area contributed by atoms with E-state index in [1.165, 1.54) is 29.2 Å². The molecule has 1 heterocycles. The van der Waals surface area contributed by atoms with Crippen molar-refractivity contribution in [2.45, 2.75) is 18.3 Å². The zero-order valence-corrected chi connectivity index (χ0v) is 23.5. The largest absolute Gasteiger partial charge is 0.274 e. The van der Waals surface area contributed by atoms with E-state index >= 15 is 0 Å². The van der Waals surface area contributed by atoms with Crippen LogP contribution in [0.5, 0.6) is 0 Å². The first-order valence-corrected chi connectivity index (χ1v) is 14.0. The molecule has 43 heavy (non-hydrogen) atoms. The Morgan fingerprint density at radius 2 is 1.63 bits per heavy atom. The van der Waals surface area contributed by atoms with Gasteiger partial charge in [0.1, 0.15) is 0 Å². The number of halogens is 1. The monoisotopic (exact) mass is 590 g/mol. The molecule has 1 aliphatic heterocycles. The van der Waals surface area contributed by atoms with Crippen LogP contribution in [0.25, 0.3) is 0 Å². The van der Waals surface area contributed by atoms with E-state index in [1.807, 2.05) is 55.5 Å². The molecule has 4 aromatic carbocycles. The highest BCUT2D eigenvalue weighted by Gasteiger charge is 2.68. The van der Waals surface area contributed by atoms with E-state index in [4.69, 9.17) is 11.6 Å². The summed E-state index contributed by atoms with van der Waals surface area (Å²) in [7, 11) is 0. The van der Waals surface area contributed by atoms with E-state index in [0.29, 0.717) is 10.7 Å². The Bertz CT molecular complexity index is 1870. The van der Waals surface area contributed by atoms with Gasteiger partial charge in [0, 0.05) is 34.9 Å². The van der Waals surface area contributed by atoms with Gasteiger partial charge >= 0.3 is 0 Å². The smallest absolute Gasteiger partial charge is 0.271 e. The summed E-state index contributed by atoms with van der Waals surface area (Å²) < 4.78 is 0. The summed E-state index contributed by atoms with van der Waals surface area (Å²) in [6.45, 7) is 1.83. The van der Waals surface area contributed by atoms with Crippen LogP contribution in [-0.2, 0) is 15.0 Å². The van der Waals surface area contributed by atoms with Crippen LogP contribution >= 0.6 is 11.6 Å². The third-order valence-electron chi connectivity index (χ3n) is 8.85. The zero-order valence-electron chi connectivity index (χ0n) is 22.7. The number of hydrogen-bond acceptors (Lipinski definition) is 6. The first kappa shape index (κ1) is 26.7. The quantitative estimate of drug-likeness (QED) is 0.142. The second-order valence-corrected chi connectivity index (χ2v) is 11.4. The fraction of sp³-hybridized carbons (Fsp3) is 0.152. The Balaban J connectivity index is 1.39. The van der Waals surface area contributed by atoms with Crippen LogP contribution in [0.3, 0.4) is 0 Å². The Morgan fingerprint density at radius 1 is 0.953 bits per heavy atom. The molecule has 3 amide bonds. The topological polar surface area (TPSA) is 122 Å². The lowest BCUT2D eigenvalue weighted by molar-refractivity contribution is -0.384. The lowest BCUT2D eigenvalue weighted by Gasteiger charge is -2.52. The molecule has 10 heteroatoms. The van der Waals surface area contributed by atoms with E-state index in [0.717, 1.165) is 27.8 Å². The summed E-state index contributed by atoms with van der Waals surface area (Å²) >= 11 is 6.31. The standard InChI is InChI=1S/C33H23ClN4O5/c1-18-13-14-20(34)16-26(18)37-31(40)28-27-22-9-2-4-11-24(22)33(29(28)32(37)41,25-12-5-3-10-23(25)27)17-35-36-30(39)19-7-6-8-21(15-19)38(42)43/h2-17,27-29H,1H3,(H,36,39)/b35-17-/t27?,28-,29-,33?/m1/s1. The number of amides is 3. The van der Waals surface area contributed by atoms with Crippen molar-refractivity contribution < 1.29 is 19.3 Å². The molecule has 0 radical (unpaired) electrons. The van der Waals surface area contributed by atoms with Gasteiger partial charge in [-0.25, -0.2) is 10.3 Å². The number of anilines is 1. The molecule has 0 saturated carbocycles. The van der Waals surface area contributed by atoms with Crippen LogP contribution in [0.15, 0.2) is 96.1 Å². The van der Waals surface area contributed by atoms with E-state index < -0.39 is 28.1 Å². The fourth-order valence-corrected chi connectivity index (χ4v) is 7.29. The highest BCUT2D eigenvalue weighted by Crippen LogP contribution is 2.63. The maximum Gasteiger partial charge on any atom is 0.271 e. The Morgan fingerprint density at radius 3 is 2.30 bits per heavy atom. The van der Waals surface area contributed by atoms with Gasteiger partial charge in [0.2, 0.25) is 11.8 Å². The molecule has 0 spiro atoms. The van der Waals surface area contributed by atoms with Crippen molar-refractivity contribution in [1.29, 1.82) is 0 Å². The van der Waals surface area contributed by atoms with Crippen molar-refractivity contribution in [3.8, 4) is 0 Å². The molecule has 4 aliphatic rings. The Labute approximate surface area is 250 Å². The number of hydrazone groups is 1. The van der Waals surface area contributed by atoms with Crippen LogP contribution in [0.4, 0.5) is 11.4 Å². The minimum absolute atomic E-state index is 0.0598. The van der Waals surface area contributed by atoms with Gasteiger partial charge < -0.3 is 0 Å². The summed E-state index contributed by atoms with van der Waals surface area (Å²) in [6, 6.07) is 25.9. The third kappa shape index (κ3) is 3.78. The molecule has 3 aliphatic carbocycles. The number of nitrogens with one attached hydrogen (secondary N) is 1. The van der Waals surface area contributed by atoms with Gasteiger partial charge in [-0.1, -0.05) is 72.3 Å². The second-order valence-electron chi connectivity index (χ2n) is 11.0. The minimum atomic E-state index is -1.18. The molecule has 2 atom stereocenters. The number of hydrogen-bond donors (Lipinski definition) is 1. The first-order chi connectivity index (χ1) is 20.7. The van der Waals surface area contributed by atoms with Crippen molar-refractivity contribution in [1.82, 2.24) is 5.43 Å². The highest BCUT2D eigenvalue weighted by atomic mass is 35.5. The van der Waals surface area contributed by atoms with Crippen LogP contribution in [-0.4, -0.2) is 28.9 Å². The number of carbonyl (C=O) groups is 3. The van der Waals surface area contributed by atoms with E-state index in [-0.39, 0.29) is 29.0 Å². The number of nitrogens with zero attached hydrogens (tertiary/aromatic N) is 3. The zero-order chi connectivity index (χ0) is 30.0. The van der Waals surface area contributed by atoms with Crippen molar-refractivity contribution in [3.05, 3.63) is 140 Å². The molecule has 4 aromatic rings.